The standard InChI is InChI=1S/C14H18F3NO3/c1-9(2)7-11(13(19)20)18-8-10-5-3-4-6-12(10)21-14(15,16)17/h3-6,9,11,18H,7-8H2,1-2H3,(H,19,20). The van der Waals surface area contributed by atoms with Crippen LogP contribution >= 0.6 is 0 Å². The maximum absolute atomic E-state index is 12.3. The predicted octanol–water partition coefficient (Wildman–Crippen LogP) is 3.17. The first-order valence-corrected chi connectivity index (χ1v) is 6.49. The van der Waals surface area contributed by atoms with Crippen LogP contribution < -0.4 is 10.1 Å². The van der Waals surface area contributed by atoms with Gasteiger partial charge in [0, 0.05) is 12.1 Å². The van der Waals surface area contributed by atoms with Crippen LogP contribution in [0.5, 0.6) is 5.75 Å². The minimum absolute atomic E-state index is 0.0179. The van der Waals surface area contributed by atoms with Crippen LogP contribution in [0.15, 0.2) is 24.3 Å². The maximum atomic E-state index is 12.3. The zero-order valence-corrected chi connectivity index (χ0v) is 11.8. The van der Waals surface area contributed by atoms with Gasteiger partial charge in [-0.15, -0.1) is 13.2 Å². The van der Waals surface area contributed by atoms with Gasteiger partial charge < -0.3 is 15.2 Å². The van der Waals surface area contributed by atoms with E-state index in [2.05, 4.69) is 10.1 Å². The number of hydrogen-bond acceptors (Lipinski definition) is 3. The van der Waals surface area contributed by atoms with Gasteiger partial charge in [0.15, 0.2) is 0 Å². The van der Waals surface area contributed by atoms with Crippen LogP contribution in [-0.2, 0) is 11.3 Å². The zero-order chi connectivity index (χ0) is 16.0. The van der Waals surface area contributed by atoms with E-state index in [4.69, 9.17) is 5.11 Å². The summed E-state index contributed by atoms with van der Waals surface area (Å²) >= 11 is 0. The van der Waals surface area contributed by atoms with E-state index in [0.29, 0.717) is 6.42 Å². The van der Waals surface area contributed by atoms with E-state index in [1.165, 1.54) is 18.2 Å². The third-order valence-electron chi connectivity index (χ3n) is 2.74. The number of carboxylic acids is 1. The summed E-state index contributed by atoms with van der Waals surface area (Å²) in [4.78, 5) is 11.1. The van der Waals surface area contributed by atoms with Crippen LogP contribution in [0.1, 0.15) is 25.8 Å². The average molecular weight is 305 g/mol. The number of carboxylic acid groups (broad SMARTS) is 1. The number of alkyl halides is 3. The maximum Gasteiger partial charge on any atom is 0.573 e. The van der Waals surface area contributed by atoms with Gasteiger partial charge in [-0.05, 0) is 18.4 Å². The van der Waals surface area contributed by atoms with Crippen molar-refractivity contribution in [1.29, 1.82) is 0 Å². The van der Waals surface area contributed by atoms with Crippen LogP contribution in [-0.4, -0.2) is 23.5 Å². The number of para-hydroxylation sites is 1. The molecule has 0 bridgehead atoms. The number of nitrogens with one attached hydrogen (secondary N) is 1. The molecule has 0 aliphatic carbocycles. The molecule has 1 unspecified atom stereocenters. The number of aliphatic carboxylic acids is 1. The van der Waals surface area contributed by atoms with Crippen LogP contribution in [0, 0.1) is 5.92 Å². The summed E-state index contributed by atoms with van der Waals surface area (Å²) in [6.07, 6.45) is -4.39. The average Bonchev–Trinajstić information content (AvgIpc) is 2.33. The Labute approximate surface area is 120 Å². The lowest BCUT2D eigenvalue weighted by molar-refractivity contribution is -0.274. The molecule has 118 valence electrons. The number of benzene rings is 1. The second kappa shape index (κ2) is 7.31. The van der Waals surface area contributed by atoms with E-state index < -0.39 is 18.4 Å². The topological polar surface area (TPSA) is 58.6 Å². The third kappa shape index (κ3) is 6.48. The Balaban J connectivity index is 2.76. The molecule has 7 heteroatoms. The first kappa shape index (κ1) is 17.3. The second-order valence-corrected chi connectivity index (χ2v) is 5.06. The molecule has 0 amide bonds. The molecule has 2 N–H and O–H groups in total. The fourth-order valence-corrected chi connectivity index (χ4v) is 1.85. The Bertz CT molecular complexity index is 475. The largest absolute Gasteiger partial charge is 0.573 e. The highest BCUT2D eigenvalue weighted by molar-refractivity contribution is 5.73. The summed E-state index contributed by atoms with van der Waals surface area (Å²) in [5.74, 6) is -1.20. The molecule has 1 aromatic rings. The lowest BCUT2D eigenvalue weighted by atomic mass is 10.0. The van der Waals surface area contributed by atoms with E-state index in [-0.39, 0.29) is 23.8 Å². The Morgan fingerprint density at radius 1 is 1.33 bits per heavy atom. The SMILES string of the molecule is CC(C)CC(NCc1ccccc1OC(F)(F)F)C(=O)O. The summed E-state index contributed by atoms with van der Waals surface area (Å²) in [5.41, 5.74) is 0.254. The number of halogens is 3. The molecule has 0 aromatic heterocycles. The van der Waals surface area contributed by atoms with Crippen molar-refractivity contribution in [2.45, 2.75) is 39.2 Å². The number of hydrogen-bond donors (Lipinski definition) is 2. The molecule has 1 rings (SSSR count). The smallest absolute Gasteiger partial charge is 0.480 e. The van der Waals surface area contributed by atoms with Crippen LogP contribution in [0.3, 0.4) is 0 Å². The normalized spacial score (nSPS) is 13.2. The number of rotatable bonds is 7. The molecule has 0 radical (unpaired) electrons. The molecule has 0 saturated carbocycles. The molecule has 0 aliphatic heterocycles. The van der Waals surface area contributed by atoms with Crippen molar-refractivity contribution in [2.24, 2.45) is 5.92 Å². The minimum Gasteiger partial charge on any atom is -0.480 e. The summed E-state index contributed by atoms with van der Waals surface area (Å²) in [5, 5.41) is 11.8. The van der Waals surface area contributed by atoms with Gasteiger partial charge in [-0.2, -0.15) is 0 Å². The van der Waals surface area contributed by atoms with E-state index in [1.807, 2.05) is 13.8 Å². The number of ether oxygens (including phenoxy) is 1. The molecule has 1 aromatic carbocycles. The van der Waals surface area contributed by atoms with Gasteiger partial charge in [-0.3, -0.25) is 4.79 Å². The fourth-order valence-electron chi connectivity index (χ4n) is 1.85. The molecule has 0 heterocycles. The van der Waals surface area contributed by atoms with Crippen molar-refractivity contribution in [3.05, 3.63) is 29.8 Å². The van der Waals surface area contributed by atoms with Gasteiger partial charge in [-0.1, -0.05) is 32.0 Å². The molecular weight excluding hydrogens is 287 g/mol. The van der Waals surface area contributed by atoms with Crippen LogP contribution in [0.2, 0.25) is 0 Å². The third-order valence-corrected chi connectivity index (χ3v) is 2.74. The monoisotopic (exact) mass is 305 g/mol. The fraction of sp³-hybridized carbons (Fsp3) is 0.500. The Morgan fingerprint density at radius 3 is 2.48 bits per heavy atom. The summed E-state index contributed by atoms with van der Waals surface area (Å²) in [6, 6.07) is 4.83. The zero-order valence-electron chi connectivity index (χ0n) is 11.8. The van der Waals surface area contributed by atoms with Crippen molar-refractivity contribution < 1.29 is 27.8 Å². The van der Waals surface area contributed by atoms with Gasteiger partial charge >= 0.3 is 12.3 Å². The molecule has 0 saturated heterocycles. The molecular formula is C14H18F3NO3. The highest BCUT2D eigenvalue weighted by atomic mass is 19.4. The van der Waals surface area contributed by atoms with Crippen molar-refractivity contribution in [3.63, 3.8) is 0 Å². The van der Waals surface area contributed by atoms with E-state index in [1.54, 1.807) is 6.07 Å². The predicted molar refractivity (Wildman–Crippen MR) is 70.8 cm³/mol. The molecule has 4 nitrogen and oxygen atoms in total. The van der Waals surface area contributed by atoms with Crippen LogP contribution in [0.25, 0.3) is 0 Å². The van der Waals surface area contributed by atoms with Gasteiger partial charge in [0.1, 0.15) is 11.8 Å². The van der Waals surface area contributed by atoms with Crippen LogP contribution in [0.4, 0.5) is 13.2 Å². The Hall–Kier alpha value is -1.76. The lowest BCUT2D eigenvalue weighted by Crippen LogP contribution is -2.37. The van der Waals surface area contributed by atoms with Gasteiger partial charge in [-0.25, -0.2) is 0 Å². The summed E-state index contributed by atoms with van der Waals surface area (Å²) < 4.78 is 40.8. The molecule has 1 atom stereocenters. The van der Waals surface area contributed by atoms with Gasteiger partial charge in [0.05, 0.1) is 0 Å². The lowest BCUT2D eigenvalue weighted by Gasteiger charge is -2.18. The highest BCUT2D eigenvalue weighted by Crippen LogP contribution is 2.26. The van der Waals surface area contributed by atoms with Crippen molar-refractivity contribution in [3.8, 4) is 5.75 Å². The quantitative estimate of drug-likeness (QED) is 0.812. The van der Waals surface area contributed by atoms with Crippen molar-refractivity contribution in [2.75, 3.05) is 0 Å². The molecule has 21 heavy (non-hydrogen) atoms. The number of carbonyl (C=O) groups is 1. The highest BCUT2D eigenvalue weighted by Gasteiger charge is 2.32. The molecule has 0 spiro atoms. The Morgan fingerprint density at radius 2 is 1.95 bits per heavy atom. The molecule has 0 fully saturated rings. The van der Waals surface area contributed by atoms with Gasteiger partial charge in [0.25, 0.3) is 0 Å². The van der Waals surface area contributed by atoms with E-state index >= 15 is 0 Å². The minimum atomic E-state index is -4.78. The van der Waals surface area contributed by atoms with Gasteiger partial charge in [0.2, 0.25) is 0 Å². The summed E-state index contributed by atoms with van der Waals surface area (Å²) in [6.45, 7) is 3.73. The van der Waals surface area contributed by atoms with E-state index in [0.717, 1.165) is 0 Å². The van der Waals surface area contributed by atoms with E-state index in [9.17, 15) is 18.0 Å². The van der Waals surface area contributed by atoms with Crippen molar-refractivity contribution >= 4 is 5.97 Å². The first-order chi connectivity index (χ1) is 9.69. The Kier molecular flexibility index (Phi) is 6.02. The summed E-state index contributed by atoms with van der Waals surface area (Å²) in [7, 11) is 0. The van der Waals surface area contributed by atoms with Crippen molar-refractivity contribution in [1.82, 2.24) is 5.32 Å². The molecule has 0 aliphatic rings. The second-order valence-electron chi connectivity index (χ2n) is 5.06. The first-order valence-electron chi connectivity index (χ1n) is 6.49.